The molecule has 2 saturated heterocycles. The number of halogens is 1. The van der Waals surface area contributed by atoms with E-state index in [2.05, 4.69) is 11.0 Å². The zero-order chi connectivity index (χ0) is 16.3. The van der Waals surface area contributed by atoms with Crippen molar-refractivity contribution in [2.45, 2.75) is 19.4 Å². The fourth-order valence-corrected chi connectivity index (χ4v) is 4.50. The molecule has 0 unspecified atom stereocenters. The molecule has 3 heterocycles. The Labute approximate surface area is 146 Å². The molecule has 0 saturated carbocycles. The van der Waals surface area contributed by atoms with Crippen molar-refractivity contribution in [1.29, 1.82) is 0 Å². The van der Waals surface area contributed by atoms with Gasteiger partial charge < -0.3 is 15.4 Å². The third-order valence-electron chi connectivity index (χ3n) is 4.96. The Morgan fingerprint density at radius 1 is 1.26 bits per heavy atom. The minimum absolute atomic E-state index is 0.224. The van der Waals surface area contributed by atoms with Crippen molar-refractivity contribution in [3.63, 3.8) is 0 Å². The molecule has 7 heteroatoms. The van der Waals surface area contributed by atoms with E-state index in [0.29, 0.717) is 19.8 Å². The molecule has 1 aromatic rings. The first-order valence-electron chi connectivity index (χ1n) is 8.17. The standard InChI is InChI=1S/C16H24ClN3O2S/c17-14-2-1-13(23-14)11-19-5-7-20(8-6-19)15(21)16(12-18)3-9-22-10-4-16/h1-2H,3-12,18H2. The number of hydrogen-bond acceptors (Lipinski definition) is 5. The topological polar surface area (TPSA) is 58.8 Å². The summed E-state index contributed by atoms with van der Waals surface area (Å²) in [7, 11) is 0. The predicted molar refractivity (Wildman–Crippen MR) is 92.7 cm³/mol. The van der Waals surface area contributed by atoms with Crippen LogP contribution in [0.25, 0.3) is 0 Å². The van der Waals surface area contributed by atoms with E-state index in [-0.39, 0.29) is 5.91 Å². The zero-order valence-electron chi connectivity index (χ0n) is 13.3. The number of nitrogens with zero attached hydrogens (tertiary/aromatic N) is 2. The smallest absolute Gasteiger partial charge is 0.230 e. The number of ether oxygens (including phenoxy) is 1. The second-order valence-electron chi connectivity index (χ2n) is 6.37. The second-order valence-corrected chi connectivity index (χ2v) is 8.17. The molecular weight excluding hydrogens is 334 g/mol. The highest BCUT2D eigenvalue weighted by atomic mass is 35.5. The first-order chi connectivity index (χ1) is 11.1. The lowest BCUT2D eigenvalue weighted by atomic mass is 9.78. The zero-order valence-corrected chi connectivity index (χ0v) is 14.9. The number of rotatable bonds is 4. The summed E-state index contributed by atoms with van der Waals surface area (Å²) < 4.78 is 6.24. The van der Waals surface area contributed by atoms with E-state index in [1.165, 1.54) is 4.88 Å². The van der Waals surface area contributed by atoms with E-state index in [0.717, 1.165) is 49.9 Å². The number of amides is 1. The summed E-state index contributed by atoms with van der Waals surface area (Å²) >= 11 is 7.61. The molecule has 2 N–H and O–H groups in total. The minimum atomic E-state index is -0.401. The third kappa shape index (κ3) is 3.88. The maximum absolute atomic E-state index is 12.9. The summed E-state index contributed by atoms with van der Waals surface area (Å²) in [6, 6.07) is 4.02. The van der Waals surface area contributed by atoms with Crippen molar-refractivity contribution < 1.29 is 9.53 Å². The van der Waals surface area contributed by atoms with Crippen LogP contribution in [0.1, 0.15) is 17.7 Å². The van der Waals surface area contributed by atoms with Gasteiger partial charge in [-0.15, -0.1) is 11.3 Å². The average molecular weight is 358 g/mol. The number of nitrogens with two attached hydrogens (primary N) is 1. The quantitative estimate of drug-likeness (QED) is 0.892. The molecule has 2 aliphatic heterocycles. The van der Waals surface area contributed by atoms with Gasteiger partial charge >= 0.3 is 0 Å². The van der Waals surface area contributed by atoms with E-state index >= 15 is 0 Å². The summed E-state index contributed by atoms with van der Waals surface area (Å²) in [4.78, 5) is 18.6. The summed E-state index contributed by atoms with van der Waals surface area (Å²) in [5, 5.41) is 0. The van der Waals surface area contributed by atoms with Gasteiger partial charge in [-0.2, -0.15) is 0 Å². The third-order valence-corrected chi connectivity index (χ3v) is 6.18. The van der Waals surface area contributed by atoms with Gasteiger partial charge in [-0.05, 0) is 25.0 Å². The molecule has 2 fully saturated rings. The Balaban J connectivity index is 1.54. The first-order valence-corrected chi connectivity index (χ1v) is 9.36. The Hall–Kier alpha value is -0.660. The largest absolute Gasteiger partial charge is 0.381 e. The van der Waals surface area contributed by atoms with Crippen LogP contribution < -0.4 is 5.73 Å². The summed E-state index contributed by atoms with van der Waals surface area (Å²) in [6.45, 7) is 5.97. The van der Waals surface area contributed by atoms with Crippen LogP contribution in [0.2, 0.25) is 4.34 Å². The van der Waals surface area contributed by atoms with Crippen molar-refractivity contribution in [3.8, 4) is 0 Å². The summed E-state index contributed by atoms with van der Waals surface area (Å²) in [6.07, 6.45) is 1.49. The molecular formula is C16H24ClN3O2S. The lowest BCUT2D eigenvalue weighted by molar-refractivity contribution is -0.149. The molecule has 0 radical (unpaired) electrons. The maximum atomic E-state index is 12.9. The van der Waals surface area contributed by atoms with Gasteiger partial charge in [-0.25, -0.2) is 0 Å². The molecule has 1 amide bonds. The molecule has 0 aromatic carbocycles. The van der Waals surface area contributed by atoms with E-state index < -0.39 is 5.41 Å². The van der Waals surface area contributed by atoms with Crippen LogP contribution in [0, 0.1) is 5.41 Å². The van der Waals surface area contributed by atoms with Gasteiger partial charge in [0.1, 0.15) is 0 Å². The number of hydrogen-bond donors (Lipinski definition) is 1. The number of carbonyl (C=O) groups excluding carboxylic acids is 1. The number of piperazine rings is 1. The van der Waals surface area contributed by atoms with Gasteiger partial charge in [0.25, 0.3) is 0 Å². The highest BCUT2D eigenvalue weighted by molar-refractivity contribution is 7.16. The molecule has 5 nitrogen and oxygen atoms in total. The van der Waals surface area contributed by atoms with Crippen LogP contribution >= 0.6 is 22.9 Å². The van der Waals surface area contributed by atoms with Crippen LogP contribution in [0.15, 0.2) is 12.1 Å². The number of carbonyl (C=O) groups is 1. The Kier molecular flexibility index (Phi) is 5.59. The van der Waals surface area contributed by atoms with E-state index in [4.69, 9.17) is 22.1 Å². The Morgan fingerprint density at radius 2 is 1.96 bits per heavy atom. The van der Waals surface area contributed by atoms with E-state index in [1.54, 1.807) is 11.3 Å². The van der Waals surface area contributed by atoms with E-state index in [9.17, 15) is 4.79 Å². The predicted octanol–water partition coefficient (Wildman–Crippen LogP) is 1.80. The van der Waals surface area contributed by atoms with Gasteiger partial charge in [0.2, 0.25) is 5.91 Å². The van der Waals surface area contributed by atoms with Crippen LogP contribution in [0.5, 0.6) is 0 Å². The van der Waals surface area contributed by atoms with Crippen LogP contribution in [0.3, 0.4) is 0 Å². The van der Waals surface area contributed by atoms with E-state index in [1.807, 2.05) is 11.0 Å². The molecule has 2 aliphatic rings. The molecule has 23 heavy (non-hydrogen) atoms. The number of thiophene rings is 1. The lowest BCUT2D eigenvalue weighted by Crippen LogP contribution is -2.56. The van der Waals surface area contributed by atoms with Gasteiger partial charge in [0.05, 0.1) is 9.75 Å². The molecule has 1 aromatic heterocycles. The van der Waals surface area contributed by atoms with Crippen LogP contribution in [-0.4, -0.2) is 61.6 Å². The average Bonchev–Trinajstić information content (AvgIpc) is 3.00. The second kappa shape index (κ2) is 7.49. The molecule has 0 atom stereocenters. The lowest BCUT2D eigenvalue weighted by Gasteiger charge is -2.42. The molecule has 0 spiro atoms. The van der Waals surface area contributed by atoms with Crippen molar-refractivity contribution in [3.05, 3.63) is 21.3 Å². The SMILES string of the molecule is NCC1(C(=O)N2CCN(Cc3ccc(Cl)s3)CC2)CCOCC1. The minimum Gasteiger partial charge on any atom is -0.381 e. The monoisotopic (exact) mass is 357 g/mol. The Bertz CT molecular complexity index is 537. The van der Waals surface area contributed by atoms with Crippen molar-refractivity contribution in [2.75, 3.05) is 45.9 Å². The van der Waals surface area contributed by atoms with Crippen molar-refractivity contribution in [1.82, 2.24) is 9.80 Å². The van der Waals surface area contributed by atoms with Crippen LogP contribution in [0.4, 0.5) is 0 Å². The van der Waals surface area contributed by atoms with Gasteiger partial charge in [-0.3, -0.25) is 9.69 Å². The fourth-order valence-electron chi connectivity index (χ4n) is 3.37. The molecule has 3 rings (SSSR count). The summed E-state index contributed by atoms with van der Waals surface area (Å²) in [5.41, 5.74) is 5.55. The van der Waals surface area contributed by atoms with Gasteiger partial charge in [0, 0.05) is 57.4 Å². The first kappa shape index (κ1) is 17.2. The van der Waals surface area contributed by atoms with Gasteiger partial charge in [0.15, 0.2) is 0 Å². The fraction of sp³-hybridized carbons (Fsp3) is 0.688. The van der Waals surface area contributed by atoms with Crippen molar-refractivity contribution >= 4 is 28.8 Å². The highest BCUT2D eigenvalue weighted by Gasteiger charge is 2.42. The highest BCUT2D eigenvalue weighted by Crippen LogP contribution is 2.32. The van der Waals surface area contributed by atoms with Crippen LogP contribution in [-0.2, 0) is 16.1 Å². The van der Waals surface area contributed by atoms with Crippen molar-refractivity contribution in [2.24, 2.45) is 11.1 Å². The summed E-state index contributed by atoms with van der Waals surface area (Å²) in [5.74, 6) is 0.224. The van der Waals surface area contributed by atoms with Gasteiger partial charge in [-0.1, -0.05) is 11.6 Å². The molecule has 0 bridgehead atoms. The maximum Gasteiger partial charge on any atom is 0.230 e. The Morgan fingerprint density at radius 3 is 2.52 bits per heavy atom. The molecule has 0 aliphatic carbocycles. The normalized spacial score (nSPS) is 22.3. The molecule has 128 valence electrons.